The molecule has 0 saturated heterocycles. The normalized spacial score (nSPS) is 12.0. The molecule has 0 bridgehead atoms. The molecule has 0 saturated carbocycles. The van der Waals surface area contributed by atoms with Crippen molar-refractivity contribution in [3.05, 3.63) is 50.4 Å². The fourth-order valence-corrected chi connectivity index (χ4v) is 3.05. The first kappa shape index (κ1) is 15.4. The van der Waals surface area contributed by atoms with E-state index in [0.717, 1.165) is 22.1 Å². The van der Waals surface area contributed by atoms with Crippen molar-refractivity contribution in [1.29, 1.82) is 0 Å². The maximum Gasteiger partial charge on any atom is 0.0975 e. The van der Waals surface area contributed by atoms with Gasteiger partial charge in [-0.15, -0.1) is 23.7 Å². The van der Waals surface area contributed by atoms with Crippen LogP contribution in [0.2, 0.25) is 5.02 Å². The molecule has 0 aliphatic heterocycles. The summed E-state index contributed by atoms with van der Waals surface area (Å²) in [7, 11) is 0. The first-order valence-corrected chi connectivity index (χ1v) is 6.72. The van der Waals surface area contributed by atoms with Gasteiger partial charge in [-0.1, -0.05) is 23.7 Å². The van der Waals surface area contributed by atoms with Crippen molar-refractivity contribution >= 4 is 35.3 Å². The van der Waals surface area contributed by atoms with Gasteiger partial charge in [-0.2, -0.15) is 0 Å². The summed E-state index contributed by atoms with van der Waals surface area (Å²) in [6, 6.07) is 7.94. The van der Waals surface area contributed by atoms with E-state index in [0.29, 0.717) is 0 Å². The summed E-state index contributed by atoms with van der Waals surface area (Å²) in [4.78, 5) is 5.72. The van der Waals surface area contributed by atoms with E-state index in [4.69, 9.17) is 17.3 Å². The van der Waals surface area contributed by atoms with E-state index in [1.54, 1.807) is 11.3 Å². The van der Waals surface area contributed by atoms with Gasteiger partial charge in [0.25, 0.3) is 0 Å². The Labute approximate surface area is 123 Å². The highest BCUT2D eigenvalue weighted by Crippen LogP contribution is 2.25. The maximum absolute atomic E-state index is 5.96. The molecule has 98 valence electrons. The van der Waals surface area contributed by atoms with E-state index in [1.165, 1.54) is 10.4 Å². The molecule has 0 spiro atoms. The highest BCUT2D eigenvalue weighted by Gasteiger charge is 2.11. The average Bonchev–Trinajstić information content (AvgIpc) is 2.59. The van der Waals surface area contributed by atoms with Crippen LogP contribution in [0, 0.1) is 6.92 Å². The lowest BCUT2D eigenvalue weighted by atomic mass is 10.2. The van der Waals surface area contributed by atoms with Crippen LogP contribution < -0.4 is 5.73 Å². The average molecular weight is 303 g/mol. The first-order chi connectivity index (χ1) is 8.06. The molecule has 1 heterocycles. The van der Waals surface area contributed by atoms with Gasteiger partial charge in [0, 0.05) is 22.4 Å². The van der Waals surface area contributed by atoms with E-state index >= 15 is 0 Å². The minimum absolute atomic E-state index is 0. The van der Waals surface area contributed by atoms with Crippen molar-refractivity contribution in [2.45, 2.75) is 26.3 Å². The molecular formula is C13H16Cl2N2S. The fraction of sp³-hybridized carbons (Fsp3) is 0.308. The Bertz CT molecular complexity index is 523. The Morgan fingerprint density at radius 3 is 2.72 bits per heavy atom. The van der Waals surface area contributed by atoms with E-state index in [-0.39, 0.29) is 18.4 Å². The Kier molecular flexibility index (Phi) is 5.60. The molecule has 5 heteroatoms. The predicted octanol–water partition coefficient (Wildman–Crippen LogP) is 4.14. The van der Waals surface area contributed by atoms with Crippen LogP contribution in [-0.2, 0) is 6.42 Å². The molecule has 1 unspecified atom stereocenters. The van der Waals surface area contributed by atoms with Crippen molar-refractivity contribution in [2.24, 2.45) is 5.73 Å². The van der Waals surface area contributed by atoms with E-state index in [2.05, 4.69) is 11.1 Å². The topological polar surface area (TPSA) is 38.9 Å². The monoisotopic (exact) mass is 302 g/mol. The Morgan fingerprint density at radius 2 is 2.17 bits per heavy atom. The van der Waals surface area contributed by atoms with E-state index < -0.39 is 0 Å². The zero-order valence-electron chi connectivity index (χ0n) is 10.3. The van der Waals surface area contributed by atoms with Crippen molar-refractivity contribution in [3.8, 4) is 0 Å². The van der Waals surface area contributed by atoms with Gasteiger partial charge in [0.15, 0.2) is 0 Å². The molecule has 2 rings (SSSR count). The number of thiazole rings is 1. The zero-order valence-corrected chi connectivity index (χ0v) is 12.7. The van der Waals surface area contributed by atoms with Crippen molar-refractivity contribution in [2.75, 3.05) is 0 Å². The molecule has 2 nitrogen and oxygen atoms in total. The third-order valence-corrected chi connectivity index (χ3v) is 4.13. The summed E-state index contributed by atoms with van der Waals surface area (Å²) in [5, 5.41) is 1.86. The maximum atomic E-state index is 5.96. The number of benzene rings is 1. The number of aryl methyl sites for hydroxylation is 1. The highest BCUT2D eigenvalue weighted by molar-refractivity contribution is 7.11. The minimum Gasteiger partial charge on any atom is -0.323 e. The highest BCUT2D eigenvalue weighted by atomic mass is 35.5. The number of hydrogen-bond donors (Lipinski definition) is 1. The third-order valence-electron chi connectivity index (χ3n) is 2.53. The summed E-state index contributed by atoms with van der Waals surface area (Å²) in [6.07, 6.45) is 0.818. The summed E-state index contributed by atoms with van der Waals surface area (Å²) >= 11 is 7.65. The van der Waals surface area contributed by atoms with Gasteiger partial charge in [-0.05, 0) is 31.5 Å². The van der Waals surface area contributed by atoms with Crippen molar-refractivity contribution < 1.29 is 0 Å². The summed E-state index contributed by atoms with van der Waals surface area (Å²) < 4.78 is 0. The number of nitrogens with zero attached hydrogens (tertiary/aromatic N) is 1. The van der Waals surface area contributed by atoms with Gasteiger partial charge in [0.2, 0.25) is 0 Å². The molecular weight excluding hydrogens is 287 g/mol. The quantitative estimate of drug-likeness (QED) is 0.925. The summed E-state index contributed by atoms with van der Waals surface area (Å²) in [5.41, 5.74) is 8.12. The van der Waals surface area contributed by atoms with Crippen LogP contribution in [0.4, 0.5) is 0 Å². The Hall–Kier alpha value is -0.610. The van der Waals surface area contributed by atoms with Crippen LogP contribution in [0.25, 0.3) is 0 Å². The summed E-state index contributed by atoms with van der Waals surface area (Å²) in [6.45, 7) is 4.00. The molecule has 0 aliphatic carbocycles. The van der Waals surface area contributed by atoms with Gasteiger partial charge in [-0.25, -0.2) is 4.98 Å². The van der Waals surface area contributed by atoms with Gasteiger partial charge >= 0.3 is 0 Å². The minimum atomic E-state index is 0. The van der Waals surface area contributed by atoms with Crippen LogP contribution in [0.15, 0.2) is 24.3 Å². The van der Waals surface area contributed by atoms with E-state index in [9.17, 15) is 0 Å². The van der Waals surface area contributed by atoms with Crippen LogP contribution >= 0.6 is 35.3 Å². The Morgan fingerprint density at radius 1 is 1.44 bits per heavy atom. The molecule has 0 fully saturated rings. The summed E-state index contributed by atoms with van der Waals surface area (Å²) in [5.74, 6) is 0. The largest absolute Gasteiger partial charge is 0.323 e. The van der Waals surface area contributed by atoms with Gasteiger partial charge in [0.05, 0.1) is 10.7 Å². The molecule has 0 amide bonds. The number of aromatic nitrogens is 1. The second kappa shape index (κ2) is 6.53. The predicted molar refractivity (Wildman–Crippen MR) is 81.0 cm³/mol. The lowest BCUT2D eigenvalue weighted by Crippen LogP contribution is -2.03. The lowest BCUT2D eigenvalue weighted by Gasteiger charge is -2.00. The number of nitrogens with two attached hydrogens (primary N) is 1. The molecule has 2 N–H and O–H groups in total. The lowest BCUT2D eigenvalue weighted by molar-refractivity contribution is 0.825. The SMILES string of the molecule is Cc1nc(Cc2cccc(Cl)c2)sc1C(C)N.Cl. The van der Waals surface area contributed by atoms with Gasteiger partial charge in [0.1, 0.15) is 0 Å². The van der Waals surface area contributed by atoms with Crippen LogP contribution in [0.1, 0.15) is 34.1 Å². The first-order valence-electron chi connectivity index (χ1n) is 5.52. The fourth-order valence-electron chi connectivity index (χ4n) is 1.79. The Balaban J connectivity index is 0.00000162. The molecule has 1 atom stereocenters. The van der Waals surface area contributed by atoms with Gasteiger partial charge in [-0.3, -0.25) is 0 Å². The van der Waals surface area contributed by atoms with Crippen LogP contribution in [0.3, 0.4) is 0 Å². The van der Waals surface area contributed by atoms with E-state index in [1.807, 2.05) is 32.0 Å². The molecule has 18 heavy (non-hydrogen) atoms. The third kappa shape index (κ3) is 3.69. The molecule has 2 aromatic rings. The second-order valence-corrected chi connectivity index (χ2v) is 5.70. The van der Waals surface area contributed by atoms with Crippen LogP contribution in [0.5, 0.6) is 0 Å². The van der Waals surface area contributed by atoms with Crippen molar-refractivity contribution in [3.63, 3.8) is 0 Å². The number of rotatable bonds is 3. The molecule has 1 aromatic heterocycles. The second-order valence-electron chi connectivity index (χ2n) is 4.15. The van der Waals surface area contributed by atoms with Crippen molar-refractivity contribution in [1.82, 2.24) is 4.98 Å². The van der Waals surface area contributed by atoms with Gasteiger partial charge < -0.3 is 5.73 Å². The van der Waals surface area contributed by atoms with Crippen LogP contribution in [-0.4, -0.2) is 4.98 Å². The molecule has 0 radical (unpaired) electrons. The standard InChI is InChI=1S/C13H15ClN2S.ClH/c1-8(15)13-9(2)16-12(17-13)7-10-4-3-5-11(14)6-10;/h3-6,8H,7,15H2,1-2H3;1H. The smallest absolute Gasteiger partial charge is 0.0975 e. The number of hydrogen-bond acceptors (Lipinski definition) is 3. The molecule has 1 aromatic carbocycles. The number of halogens is 2. The zero-order chi connectivity index (χ0) is 12.4. The molecule has 0 aliphatic rings.